The first-order valence-corrected chi connectivity index (χ1v) is 14.0. The summed E-state index contributed by atoms with van der Waals surface area (Å²) in [5.41, 5.74) is 4.59. The molecule has 0 amide bonds. The Morgan fingerprint density at radius 2 is 1.71 bits per heavy atom. The highest BCUT2D eigenvalue weighted by atomic mass is 35.5. The molecule has 0 aromatic carbocycles. The normalized spacial score (nSPS) is 48.3. The lowest BCUT2D eigenvalue weighted by Gasteiger charge is -2.69. The maximum atomic E-state index is 13.1. The van der Waals surface area contributed by atoms with E-state index in [1.54, 1.807) is 0 Å². The van der Waals surface area contributed by atoms with Gasteiger partial charge < -0.3 is 0 Å². The minimum atomic E-state index is -0.402. The van der Waals surface area contributed by atoms with Crippen LogP contribution in [0.25, 0.3) is 0 Å². The van der Waals surface area contributed by atoms with Gasteiger partial charge in [0.15, 0.2) is 0 Å². The Hall–Kier alpha value is -1.52. The third-order valence-electron chi connectivity index (χ3n) is 12.3. The molecule has 5 rings (SSSR count). The minimum Gasteiger partial charge on any atom is -0.281 e. The molecule has 2 heteroatoms. The van der Waals surface area contributed by atoms with Crippen LogP contribution >= 0.6 is 11.6 Å². The second kappa shape index (κ2) is 7.51. The Kier molecular flexibility index (Phi) is 5.39. The summed E-state index contributed by atoms with van der Waals surface area (Å²) < 4.78 is 0. The van der Waals surface area contributed by atoms with Crippen LogP contribution in [-0.2, 0) is 4.79 Å². The molecule has 0 radical (unpaired) electrons. The van der Waals surface area contributed by atoms with E-state index in [1.165, 1.54) is 17.6 Å². The summed E-state index contributed by atoms with van der Waals surface area (Å²) in [6.45, 7) is 23.6. The third-order valence-corrected chi connectivity index (χ3v) is 12.7. The molecule has 0 saturated heterocycles. The van der Waals surface area contributed by atoms with Crippen LogP contribution in [0.5, 0.6) is 0 Å². The molecule has 0 N–H and O–H groups in total. The van der Waals surface area contributed by atoms with Crippen molar-refractivity contribution in [1.82, 2.24) is 0 Å². The molecular formula is C33H43ClO. The Morgan fingerprint density at radius 1 is 1.06 bits per heavy atom. The van der Waals surface area contributed by atoms with E-state index in [0.29, 0.717) is 11.8 Å². The number of hydrogen-bond acceptors (Lipinski definition) is 1. The maximum absolute atomic E-state index is 13.1. The van der Waals surface area contributed by atoms with E-state index in [0.717, 1.165) is 49.7 Å². The van der Waals surface area contributed by atoms with E-state index < -0.39 is 5.41 Å². The van der Waals surface area contributed by atoms with E-state index in [1.807, 2.05) is 0 Å². The molecule has 3 saturated carbocycles. The Labute approximate surface area is 218 Å². The van der Waals surface area contributed by atoms with Gasteiger partial charge in [0.2, 0.25) is 5.24 Å². The number of fused-ring (bicyclic) bond motifs is 7. The van der Waals surface area contributed by atoms with Crippen LogP contribution in [0, 0.1) is 63.1 Å². The van der Waals surface area contributed by atoms with Crippen LogP contribution in [0.4, 0.5) is 0 Å². The summed E-state index contributed by atoms with van der Waals surface area (Å²) in [5, 5.41) is -0.107. The van der Waals surface area contributed by atoms with Gasteiger partial charge in [0.05, 0.1) is 0 Å². The zero-order valence-electron chi connectivity index (χ0n) is 22.7. The fraction of sp³-hybridized carbons (Fsp3) is 0.667. The second-order valence-corrected chi connectivity index (χ2v) is 14.6. The first-order chi connectivity index (χ1) is 16.2. The average molecular weight is 491 g/mol. The van der Waals surface area contributed by atoms with E-state index >= 15 is 0 Å². The van der Waals surface area contributed by atoms with Crippen molar-refractivity contribution in [2.75, 3.05) is 0 Å². The molecule has 6 unspecified atom stereocenters. The largest absolute Gasteiger partial charge is 0.281 e. The lowest BCUT2D eigenvalue weighted by molar-refractivity contribution is -0.157. The Morgan fingerprint density at radius 3 is 2.34 bits per heavy atom. The quantitative estimate of drug-likeness (QED) is 0.265. The summed E-state index contributed by atoms with van der Waals surface area (Å²) in [4.78, 5) is 13.1. The van der Waals surface area contributed by atoms with Gasteiger partial charge in [-0.05, 0) is 102 Å². The fourth-order valence-corrected chi connectivity index (χ4v) is 10.3. The standard InChI is InChI=1S/C33H43ClO/c1-10-23-18-30(7)24(22(4)21(23)3)11-12-31(8)26(30)17-20(2)27-25-19-29(5,6)13-15-33(25,28(34)35)16-14-32(27,31)9/h1,17-18,22,24-25,27H,2-3,11-16,19H2,4-9H3/t22?,24?,25-,27?,30?,31?,32+,33?/m0/s1. The summed E-state index contributed by atoms with van der Waals surface area (Å²) in [7, 11) is 0. The molecule has 35 heavy (non-hydrogen) atoms. The van der Waals surface area contributed by atoms with Crippen molar-refractivity contribution < 1.29 is 4.79 Å². The van der Waals surface area contributed by atoms with Crippen LogP contribution in [0.15, 0.2) is 47.6 Å². The molecule has 5 aliphatic rings. The number of halogens is 1. The SMILES string of the molecule is C#CC1=CC2(C)C3=CC(=C)C4[C@@H]5CC(C)(C)CCC5(C(=O)Cl)CC[C@@]4(C)C3(C)CCC2C(C)C1=C. The molecular weight excluding hydrogens is 448 g/mol. The summed E-state index contributed by atoms with van der Waals surface area (Å²) in [5.74, 6) is 4.35. The van der Waals surface area contributed by atoms with Crippen molar-refractivity contribution in [3.8, 4) is 12.3 Å². The summed E-state index contributed by atoms with van der Waals surface area (Å²) in [6.07, 6.45) is 18.1. The van der Waals surface area contributed by atoms with Crippen molar-refractivity contribution >= 4 is 16.8 Å². The number of carbonyl (C=O) groups excluding carboxylic acids is 1. The molecule has 0 heterocycles. The minimum absolute atomic E-state index is 0.0296. The van der Waals surface area contributed by atoms with Gasteiger partial charge in [-0.3, -0.25) is 4.79 Å². The number of hydrogen-bond donors (Lipinski definition) is 0. The Bertz CT molecular complexity index is 1130. The van der Waals surface area contributed by atoms with Crippen LogP contribution in [0.2, 0.25) is 0 Å². The first kappa shape index (κ1) is 25.1. The molecule has 3 fully saturated rings. The molecule has 0 aromatic heterocycles. The summed E-state index contributed by atoms with van der Waals surface area (Å²) in [6, 6.07) is 0. The van der Waals surface area contributed by atoms with Gasteiger partial charge in [-0.1, -0.05) is 83.9 Å². The van der Waals surface area contributed by atoms with Gasteiger partial charge in [-0.2, -0.15) is 0 Å². The van der Waals surface area contributed by atoms with Crippen LogP contribution < -0.4 is 0 Å². The van der Waals surface area contributed by atoms with Crippen molar-refractivity contribution in [1.29, 1.82) is 0 Å². The number of allylic oxidation sites excluding steroid dienone is 6. The van der Waals surface area contributed by atoms with E-state index in [9.17, 15) is 4.79 Å². The molecule has 8 atom stereocenters. The topological polar surface area (TPSA) is 17.1 Å². The van der Waals surface area contributed by atoms with Crippen molar-refractivity contribution in [2.24, 2.45) is 50.7 Å². The predicted octanol–water partition coefficient (Wildman–Crippen LogP) is 8.67. The van der Waals surface area contributed by atoms with E-state index in [-0.39, 0.29) is 38.7 Å². The molecule has 0 aromatic rings. The smallest absolute Gasteiger partial charge is 0.228 e. The molecule has 0 aliphatic heterocycles. The maximum Gasteiger partial charge on any atom is 0.228 e. The second-order valence-electron chi connectivity index (χ2n) is 14.2. The van der Waals surface area contributed by atoms with Gasteiger partial charge >= 0.3 is 0 Å². The zero-order chi connectivity index (χ0) is 25.8. The van der Waals surface area contributed by atoms with Crippen LogP contribution in [0.1, 0.15) is 86.5 Å². The van der Waals surface area contributed by atoms with Gasteiger partial charge in [0.1, 0.15) is 0 Å². The lowest BCUT2D eigenvalue weighted by atomic mass is 9.34. The summed E-state index contributed by atoms with van der Waals surface area (Å²) >= 11 is 6.47. The van der Waals surface area contributed by atoms with E-state index in [4.69, 9.17) is 24.6 Å². The highest BCUT2D eigenvalue weighted by Gasteiger charge is 2.68. The monoisotopic (exact) mass is 490 g/mol. The Balaban J connectivity index is 1.70. The van der Waals surface area contributed by atoms with E-state index in [2.05, 4.69) is 66.2 Å². The average Bonchev–Trinajstić information content (AvgIpc) is 2.77. The van der Waals surface area contributed by atoms with Crippen molar-refractivity contribution in [2.45, 2.75) is 86.5 Å². The molecule has 188 valence electrons. The van der Waals surface area contributed by atoms with Gasteiger partial charge in [-0.25, -0.2) is 0 Å². The molecule has 0 bridgehead atoms. The first-order valence-electron chi connectivity index (χ1n) is 13.7. The molecule has 1 nitrogen and oxygen atoms in total. The fourth-order valence-electron chi connectivity index (χ4n) is 9.92. The number of terminal acetylenes is 1. The van der Waals surface area contributed by atoms with Crippen LogP contribution in [-0.4, -0.2) is 5.24 Å². The van der Waals surface area contributed by atoms with Crippen LogP contribution in [0.3, 0.4) is 0 Å². The predicted molar refractivity (Wildman–Crippen MR) is 147 cm³/mol. The van der Waals surface area contributed by atoms with Crippen molar-refractivity contribution in [3.63, 3.8) is 0 Å². The molecule has 0 spiro atoms. The number of rotatable bonds is 1. The third kappa shape index (κ3) is 3.05. The van der Waals surface area contributed by atoms with Gasteiger partial charge in [0, 0.05) is 16.4 Å². The van der Waals surface area contributed by atoms with Crippen molar-refractivity contribution in [3.05, 3.63) is 47.6 Å². The van der Waals surface area contributed by atoms with Gasteiger partial charge in [0.25, 0.3) is 0 Å². The number of carbonyl (C=O) groups is 1. The highest BCUT2D eigenvalue weighted by Crippen LogP contribution is 2.75. The lowest BCUT2D eigenvalue weighted by Crippen LogP contribution is -2.63. The molecule has 5 aliphatic carbocycles. The zero-order valence-corrected chi connectivity index (χ0v) is 23.4. The van der Waals surface area contributed by atoms with Gasteiger partial charge in [-0.15, -0.1) is 6.42 Å². The highest BCUT2D eigenvalue weighted by molar-refractivity contribution is 6.64.